The first kappa shape index (κ1) is 21.2. The number of aryl methyl sites for hydroxylation is 2. The summed E-state index contributed by atoms with van der Waals surface area (Å²) in [5.41, 5.74) is 2.96. The molecule has 0 spiro atoms. The molecule has 0 N–H and O–H groups in total. The lowest BCUT2D eigenvalue weighted by molar-refractivity contribution is 0.0594. The molecular formula is C21H27ClN2O3. The number of carbonyl (C=O) groups is 1. The van der Waals surface area contributed by atoms with E-state index in [4.69, 9.17) is 21.1 Å². The monoisotopic (exact) mass is 390 g/mol. The van der Waals surface area contributed by atoms with Gasteiger partial charge in [0.25, 0.3) is 0 Å². The number of ether oxygens (including phenoxy) is 2. The quantitative estimate of drug-likeness (QED) is 0.582. The molecule has 0 radical (unpaired) electrons. The lowest BCUT2D eigenvalue weighted by atomic mass is 10.1. The molecule has 5 nitrogen and oxygen atoms in total. The van der Waals surface area contributed by atoms with Crippen LogP contribution >= 0.6 is 11.6 Å². The molecule has 1 heterocycles. The van der Waals surface area contributed by atoms with Crippen LogP contribution in [0.5, 0.6) is 11.6 Å². The van der Waals surface area contributed by atoms with Crippen LogP contribution in [0.15, 0.2) is 24.4 Å². The van der Waals surface area contributed by atoms with Gasteiger partial charge in [0.2, 0.25) is 5.88 Å². The fourth-order valence-electron chi connectivity index (χ4n) is 3.07. The van der Waals surface area contributed by atoms with E-state index >= 15 is 0 Å². The Kier molecular flexibility index (Phi) is 7.63. The van der Waals surface area contributed by atoms with Gasteiger partial charge in [-0.1, -0.05) is 25.4 Å². The molecule has 0 aliphatic carbocycles. The number of halogens is 1. The molecule has 2 rings (SSSR count). The molecule has 0 bridgehead atoms. The summed E-state index contributed by atoms with van der Waals surface area (Å²) in [5, 5.41) is 0.644. The van der Waals surface area contributed by atoms with Gasteiger partial charge in [0.05, 0.1) is 7.11 Å². The van der Waals surface area contributed by atoms with Crippen LogP contribution in [0.3, 0.4) is 0 Å². The molecule has 0 unspecified atom stereocenters. The zero-order valence-corrected chi connectivity index (χ0v) is 17.4. The lowest BCUT2D eigenvalue weighted by Gasteiger charge is -2.22. The highest BCUT2D eigenvalue weighted by atomic mass is 35.5. The van der Waals surface area contributed by atoms with Crippen LogP contribution in [0.25, 0.3) is 0 Å². The third-order valence-corrected chi connectivity index (χ3v) is 4.62. The van der Waals surface area contributed by atoms with Crippen LogP contribution in [0.2, 0.25) is 5.02 Å². The predicted octanol–water partition coefficient (Wildman–Crippen LogP) is 5.16. The molecule has 0 fully saturated rings. The Morgan fingerprint density at radius 2 is 1.89 bits per heavy atom. The van der Waals surface area contributed by atoms with Gasteiger partial charge in [-0.3, -0.25) is 4.90 Å². The molecule has 6 heteroatoms. The van der Waals surface area contributed by atoms with E-state index in [1.54, 1.807) is 6.20 Å². The maximum absolute atomic E-state index is 12.5. The topological polar surface area (TPSA) is 51.7 Å². The maximum Gasteiger partial charge on any atom is 0.343 e. The van der Waals surface area contributed by atoms with Crippen molar-refractivity contribution >= 4 is 17.6 Å². The lowest BCUT2D eigenvalue weighted by Crippen LogP contribution is -2.25. The molecule has 0 amide bonds. The molecule has 1 aromatic heterocycles. The van der Waals surface area contributed by atoms with E-state index in [0.29, 0.717) is 22.9 Å². The molecular weight excluding hydrogens is 364 g/mol. The van der Waals surface area contributed by atoms with Gasteiger partial charge in [-0.2, -0.15) is 0 Å². The third kappa shape index (κ3) is 5.21. The van der Waals surface area contributed by atoms with Gasteiger partial charge in [-0.25, -0.2) is 9.78 Å². The second kappa shape index (κ2) is 9.72. The van der Waals surface area contributed by atoms with Crippen LogP contribution in [0.4, 0.5) is 0 Å². The van der Waals surface area contributed by atoms with Gasteiger partial charge in [-0.05, 0) is 68.2 Å². The summed E-state index contributed by atoms with van der Waals surface area (Å²) in [4.78, 5) is 19.1. The summed E-state index contributed by atoms with van der Waals surface area (Å²) in [6.07, 6.45) is 2.70. The SMILES string of the molecule is CCCN(CC)Cc1ccnc(Oc2c(C)cc(Cl)cc2C)c1C(=O)OC. The number of pyridine rings is 1. The van der Waals surface area contributed by atoms with Crippen molar-refractivity contribution in [3.63, 3.8) is 0 Å². The first-order valence-electron chi connectivity index (χ1n) is 9.14. The van der Waals surface area contributed by atoms with Gasteiger partial charge in [0, 0.05) is 17.8 Å². The fraction of sp³-hybridized carbons (Fsp3) is 0.429. The van der Waals surface area contributed by atoms with Crippen molar-refractivity contribution < 1.29 is 14.3 Å². The van der Waals surface area contributed by atoms with Gasteiger partial charge in [0.1, 0.15) is 11.3 Å². The summed E-state index contributed by atoms with van der Waals surface area (Å²) in [5.74, 6) is 0.445. The minimum atomic E-state index is -0.454. The van der Waals surface area contributed by atoms with Gasteiger partial charge >= 0.3 is 5.97 Å². The Bertz CT molecular complexity index is 785. The second-order valence-corrected chi connectivity index (χ2v) is 6.92. The highest BCUT2D eigenvalue weighted by Gasteiger charge is 2.22. The fourth-order valence-corrected chi connectivity index (χ4v) is 3.40. The van der Waals surface area contributed by atoms with E-state index in [1.165, 1.54) is 7.11 Å². The van der Waals surface area contributed by atoms with Crippen molar-refractivity contribution in [2.24, 2.45) is 0 Å². The van der Waals surface area contributed by atoms with Gasteiger partial charge < -0.3 is 9.47 Å². The molecule has 2 aromatic rings. The van der Waals surface area contributed by atoms with E-state index < -0.39 is 5.97 Å². The van der Waals surface area contributed by atoms with Crippen molar-refractivity contribution in [1.82, 2.24) is 9.88 Å². The van der Waals surface area contributed by atoms with Crippen molar-refractivity contribution in [2.45, 2.75) is 40.7 Å². The van der Waals surface area contributed by atoms with Crippen molar-refractivity contribution in [3.05, 3.63) is 51.7 Å². The number of hydrogen-bond acceptors (Lipinski definition) is 5. The molecule has 0 saturated carbocycles. The normalized spacial score (nSPS) is 10.9. The van der Waals surface area contributed by atoms with Crippen LogP contribution < -0.4 is 4.74 Å². The Morgan fingerprint density at radius 1 is 1.22 bits per heavy atom. The first-order valence-corrected chi connectivity index (χ1v) is 9.52. The maximum atomic E-state index is 12.5. The highest BCUT2D eigenvalue weighted by Crippen LogP contribution is 2.33. The first-order chi connectivity index (χ1) is 12.9. The standard InChI is InChI=1S/C21H27ClN2O3/c1-6-10-24(7-2)13-16-8-9-23-20(18(16)21(25)26-5)27-19-14(3)11-17(22)12-15(19)4/h8-9,11-12H,6-7,10,13H2,1-5H3. The number of esters is 1. The number of hydrogen-bond donors (Lipinski definition) is 0. The number of methoxy groups -OCH3 is 1. The number of carbonyl (C=O) groups excluding carboxylic acids is 1. The van der Waals surface area contributed by atoms with Crippen molar-refractivity contribution in [1.29, 1.82) is 0 Å². The largest absolute Gasteiger partial charge is 0.465 e. The number of rotatable bonds is 8. The average Bonchev–Trinajstić information content (AvgIpc) is 2.63. The molecule has 0 aliphatic rings. The third-order valence-electron chi connectivity index (χ3n) is 4.40. The van der Waals surface area contributed by atoms with E-state index in [1.807, 2.05) is 32.0 Å². The molecule has 146 valence electrons. The zero-order valence-electron chi connectivity index (χ0n) is 16.6. The van der Waals surface area contributed by atoms with E-state index in [2.05, 4.69) is 23.7 Å². The number of nitrogens with zero attached hydrogens (tertiary/aromatic N) is 2. The predicted molar refractivity (Wildman–Crippen MR) is 108 cm³/mol. The van der Waals surface area contributed by atoms with Crippen molar-refractivity contribution in [2.75, 3.05) is 20.2 Å². The summed E-state index contributed by atoms with van der Waals surface area (Å²) in [6, 6.07) is 5.50. The molecule has 0 aliphatic heterocycles. The second-order valence-electron chi connectivity index (χ2n) is 6.48. The van der Waals surface area contributed by atoms with Crippen molar-refractivity contribution in [3.8, 4) is 11.6 Å². The van der Waals surface area contributed by atoms with Crippen LogP contribution in [0, 0.1) is 13.8 Å². The van der Waals surface area contributed by atoms with Crippen LogP contribution in [0.1, 0.15) is 47.3 Å². The minimum Gasteiger partial charge on any atom is -0.465 e. The van der Waals surface area contributed by atoms with Gasteiger partial charge in [0.15, 0.2) is 0 Å². The minimum absolute atomic E-state index is 0.250. The highest BCUT2D eigenvalue weighted by molar-refractivity contribution is 6.30. The van der Waals surface area contributed by atoms with Crippen LogP contribution in [-0.2, 0) is 11.3 Å². The van der Waals surface area contributed by atoms with Crippen LogP contribution in [-0.4, -0.2) is 36.1 Å². The number of benzene rings is 1. The Morgan fingerprint density at radius 3 is 2.44 bits per heavy atom. The molecule has 0 saturated heterocycles. The summed E-state index contributed by atoms with van der Waals surface area (Å²) >= 11 is 6.11. The Labute approximate surface area is 166 Å². The molecule has 0 atom stereocenters. The summed E-state index contributed by atoms with van der Waals surface area (Å²) in [6.45, 7) is 10.5. The summed E-state index contributed by atoms with van der Waals surface area (Å²) < 4.78 is 11.1. The summed E-state index contributed by atoms with van der Waals surface area (Å²) in [7, 11) is 1.37. The zero-order chi connectivity index (χ0) is 20.0. The molecule has 1 aromatic carbocycles. The molecule has 27 heavy (non-hydrogen) atoms. The smallest absolute Gasteiger partial charge is 0.343 e. The Hall–Kier alpha value is -2.11. The van der Waals surface area contributed by atoms with Gasteiger partial charge in [-0.15, -0.1) is 0 Å². The van der Waals surface area contributed by atoms with E-state index in [-0.39, 0.29) is 5.88 Å². The number of aromatic nitrogens is 1. The average molecular weight is 391 g/mol. The Balaban J connectivity index is 2.47. The van der Waals surface area contributed by atoms with E-state index in [9.17, 15) is 4.79 Å². The van der Waals surface area contributed by atoms with E-state index in [0.717, 1.165) is 36.2 Å².